The molecule has 1 heterocycles. The van der Waals surface area contributed by atoms with Crippen LogP contribution in [0, 0.1) is 5.41 Å². The summed E-state index contributed by atoms with van der Waals surface area (Å²) in [6, 6.07) is 0. The topological polar surface area (TPSA) is 15.3 Å². The molecule has 0 aromatic heterocycles. The van der Waals surface area contributed by atoms with Crippen molar-refractivity contribution in [1.82, 2.24) is 10.2 Å². The molecule has 2 heteroatoms. The Kier molecular flexibility index (Phi) is 3.45. The number of hydrogen-bond donors (Lipinski definition) is 1. The van der Waals surface area contributed by atoms with E-state index in [4.69, 9.17) is 0 Å². The standard InChI is InChI=1S/C12H24N2/c1-12(5-6-12)11-13-7-4-10-14-8-2-3-9-14/h13H,2-11H2,1H3. The molecule has 1 aliphatic heterocycles. The van der Waals surface area contributed by atoms with Gasteiger partial charge in [-0.2, -0.15) is 0 Å². The average molecular weight is 196 g/mol. The van der Waals surface area contributed by atoms with Gasteiger partial charge in [0.2, 0.25) is 0 Å². The summed E-state index contributed by atoms with van der Waals surface area (Å²) in [5, 5.41) is 3.59. The molecule has 0 bridgehead atoms. The van der Waals surface area contributed by atoms with Crippen LogP contribution < -0.4 is 5.32 Å². The summed E-state index contributed by atoms with van der Waals surface area (Å²) < 4.78 is 0. The van der Waals surface area contributed by atoms with Gasteiger partial charge < -0.3 is 10.2 Å². The second-order valence-corrected chi connectivity index (χ2v) is 5.39. The van der Waals surface area contributed by atoms with Crippen molar-refractivity contribution >= 4 is 0 Å². The van der Waals surface area contributed by atoms with E-state index in [2.05, 4.69) is 17.1 Å². The first-order valence-electron chi connectivity index (χ1n) is 6.22. The molecule has 1 saturated carbocycles. The van der Waals surface area contributed by atoms with E-state index in [0.29, 0.717) is 5.41 Å². The normalized spacial score (nSPS) is 25.5. The number of likely N-dealkylation sites (tertiary alicyclic amines) is 1. The van der Waals surface area contributed by atoms with Gasteiger partial charge in [-0.25, -0.2) is 0 Å². The molecule has 1 N–H and O–H groups in total. The summed E-state index contributed by atoms with van der Waals surface area (Å²) in [7, 11) is 0. The van der Waals surface area contributed by atoms with E-state index in [9.17, 15) is 0 Å². The second-order valence-electron chi connectivity index (χ2n) is 5.39. The van der Waals surface area contributed by atoms with Crippen LogP contribution in [0.2, 0.25) is 0 Å². The van der Waals surface area contributed by atoms with Gasteiger partial charge in [0, 0.05) is 6.54 Å². The zero-order valence-corrected chi connectivity index (χ0v) is 9.52. The molecule has 0 radical (unpaired) electrons. The summed E-state index contributed by atoms with van der Waals surface area (Å²) in [6.45, 7) is 8.85. The van der Waals surface area contributed by atoms with Gasteiger partial charge in [-0.15, -0.1) is 0 Å². The molecule has 0 unspecified atom stereocenters. The molecule has 0 aromatic carbocycles. The third-order valence-electron chi connectivity index (χ3n) is 3.68. The number of nitrogens with one attached hydrogen (secondary N) is 1. The van der Waals surface area contributed by atoms with Gasteiger partial charge in [-0.3, -0.25) is 0 Å². The molecule has 0 spiro atoms. The van der Waals surface area contributed by atoms with Crippen LogP contribution in [0.4, 0.5) is 0 Å². The van der Waals surface area contributed by atoms with E-state index in [0.717, 1.165) is 0 Å². The van der Waals surface area contributed by atoms with E-state index in [1.807, 2.05) is 0 Å². The van der Waals surface area contributed by atoms with Gasteiger partial charge in [-0.1, -0.05) is 6.92 Å². The Labute approximate surface area is 88.1 Å². The van der Waals surface area contributed by atoms with E-state index in [1.54, 1.807) is 0 Å². The van der Waals surface area contributed by atoms with Crippen LogP contribution in [-0.4, -0.2) is 37.6 Å². The maximum Gasteiger partial charge on any atom is 0.000518 e. The monoisotopic (exact) mass is 196 g/mol. The highest BCUT2D eigenvalue weighted by molar-refractivity contribution is 4.90. The summed E-state index contributed by atoms with van der Waals surface area (Å²) in [5.41, 5.74) is 0.674. The van der Waals surface area contributed by atoms with Gasteiger partial charge >= 0.3 is 0 Å². The Hall–Kier alpha value is -0.0800. The molecule has 2 aliphatic rings. The van der Waals surface area contributed by atoms with Gasteiger partial charge in [-0.05, 0) is 63.7 Å². The van der Waals surface area contributed by atoms with Crippen molar-refractivity contribution in [2.75, 3.05) is 32.7 Å². The van der Waals surface area contributed by atoms with Crippen LogP contribution in [0.25, 0.3) is 0 Å². The largest absolute Gasteiger partial charge is 0.316 e. The maximum atomic E-state index is 3.59. The highest BCUT2D eigenvalue weighted by Gasteiger charge is 2.36. The molecule has 2 fully saturated rings. The first kappa shape index (κ1) is 10.4. The molecule has 2 rings (SSSR count). The molecule has 0 aromatic rings. The van der Waals surface area contributed by atoms with Crippen LogP contribution in [0.1, 0.15) is 39.0 Å². The maximum absolute atomic E-state index is 3.59. The fraction of sp³-hybridized carbons (Fsp3) is 1.00. The lowest BCUT2D eigenvalue weighted by molar-refractivity contribution is 0.328. The molecule has 0 atom stereocenters. The van der Waals surface area contributed by atoms with Crippen molar-refractivity contribution in [2.45, 2.75) is 39.0 Å². The van der Waals surface area contributed by atoms with Crippen LogP contribution in [0.3, 0.4) is 0 Å². The summed E-state index contributed by atoms with van der Waals surface area (Å²) in [6.07, 6.45) is 7.05. The highest BCUT2D eigenvalue weighted by atomic mass is 15.1. The quantitative estimate of drug-likeness (QED) is 0.652. The summed E-state index contributed by atoms with van der Waals surface area (Å²) >= 11 is 0. The minimum atomic E-state index is 0.674. The molecule has 82 valence electrons. The van der Waals surface area contributed by atoms with Crippen molar-refractivity contribution < 1.29 is 0 Å². The molecule has 2 nitrogen and oxygen atoms in total. The predicted octanol–water partition coefficient (Wildman–Crippen LogP) is 1.86. The highest BCUT2D eigenvalue weighted by Crippen LogP contribution is 2.43. The fourth-order valence-electron chi connectivity index (χ4n) is 2.21. The van der Waals surface area contributed by atoms with Crippen LogP contribution in [0.5, 0.6) is 0 Å². The Balaban J connectivity index is 1.43. The summed E-state index contributed by atoms with van der Waals surface area (Å²) in [4.78, 5) is 2.60. The zero-order valence-electron chi connectivity index (χ0n) is 9.52. The molecule has 1 saturated heterocycles. The van der Waals surface area contributed by atoms with E-state index < -0.39 is 0 Å². The van der Waals surface area contributed by atoms with E-state index in [-0.39, 0.29) is 0 Å². The van der Waals surface area contributed by atoms with Gasteiger partial charge in [0.25, 0.3) is 0 Å². The lowest BCUT2D eigenvalue weighted by Crippen LogP contribution is -2.27. The molecular weight excluding hydrogens is 172 g/mol. The Morgan fingerprint density at radius 3 is 2.57 bits per heavy atom. The first-order valence-corrected chi connectivity index (χ1v) is 6.22. The minimum absolute atomic E-state index is 0.674. The SMILES string of the molecule is CC1(CNCCCN2CCCC2)CC1. The van der Waals surface area contributed by atoms with Gasteiger partial charge in [0.05, 0.1) is 0 Å². The van der Waals surface area contributed by atoms with Crippen molar-refractivity contribution in [3.05, 3.63) is 0 Å². The van der Waals surface area contributed by atoms with Crippen molar-refractivity contribution in [3.8, 4) is 0 Å². The third-order valence-corrected chi connectivity index (χ3v) is 3.68. The van der Waals surface area contributed by atoms with Crippen LogP contribution in [-0.2, 0) is 0 Å². The number of nitrogens with zero attached hydrogens (tertiary/aromatic N) is 1. The summed E-state index contributed by atoms with van der Waals surface area (Å²) in [5.74, 6) is 0. The number of rotatable bonds is 6. The Morgan fingerprint density at radius 1 is 1.21 bits per heavy atom. The molecular formula is C12H24N2. The van der Waals surface area contributed by atoms with Crippen molar-refractivity contribution in [2.24, 2.45) is 5.41 Å². The Bertz CT molecular complexity index is 169. The van der Waals surface area contributed by atoms with E-state index >= 15 is 0 Å². The lowest BCUT2D eigenvalue weighted by Gasteiger charge is -2.15. The first-order chi connectivity index (χ1) is 6.79. The van der Waals surface area contributed by atoms with Crippen molar-refractivity contribution in [1.29, 1.82) is 0 Å². The molecule has 14 heavy (non-hydrogen) atoms. The van der Waals surface area contributed by atoms with Crippen LogP contribution >= 0.6 is 0 Å². The smallest absolute Gasteiger partial charge is 0.000518 e. The average Bonchev–Trinajstić information content (AvgIpc) is 2.70. The predicted molar refractivity (Wildman–Crippen MR) is 60.5 cm³/mol. The van der Waals surface area contributed by atoms with Crippen molar-refractivity contribution in [3.63, 3.8) is 0 Å². The van der Waals surface area contributed by atoms with E-state index in [1.165, 1.54) is 64.8 Å². The second kappa shape index (κ2) is 4.63. The minimum Gasteiger partial charge on any atom is -0.316 e. The van der Waals surface area contributed by atoms with Gasteiger partial charge in [0.1, 0.15) is 0 Å². The third kappa shape index (κ3) is 3.25. The molecule has 0 amide bonds. The zero-order chi connectivity index (χ0) is 9.86. The lowest BCUT2D eigenvalue weighted by atomic mass is 10.1. The van der Waals surface area contributed by atoms with Gasteiger partial charge in [0.15, 0.2) is 0 Å². The molecule has 1 aliphatic carbocycles. The fourth-order valence-corrected chi connectivity index (χ4v) is 2.21. The number of hydrogen-bond acceptors (Lipinski definition) is 2. The van der Waals surface area contributed by atoms with Crippen LogP contribution in [0.15, 0.2) is 0 Å². The Morgan fingerprint density at radius 2 is 1.93 bits per heavy atom.